The minimum absolute atomic E-state index is 0.0994. The minimum atomic E-state index is -3.48. The van der Waals surface area contributed by atoms with Gasteiger partial charge in [0.05, 0.1) is 13.2 Å². The maximum absolute atomic E-state index is 12.7. The Morgan fingerprint density at radius 1 is 1.19 bits per heavy atom. The van der Waals surface area contributed by atoms with Gasteiger partial charge in [-0.15, -0.1) is 11.3 Å². The van der Waals surface area contributed by atoms with Crippen molar-refractivity contribution in [2.45, 2.75) is 30.5 Å². The Balaban J connectivity index is 1.75. The number of morpholine rings is 1. The first-order valence-electron chi connectivity index (χ1n) is 9.01. The van der Waals surface area contributed by atoms with Gasteiger partial charge < -0.3 is 10.1 Å². The lowest BCUT2D eigenvalue weighted by molar-refractivity contribution is 0.0731. The molecule has 1 aromatic heterocycles. The van der Waals surface area contributed by atoms with Crippen molar-refractivity contribution >= 4 is 27.3 Å². The highest BCUT2D eigenvalue weighted by Gasteiger charge is 2.27. The van der Waals surface area contributed by atoms with Crippen LogP contribution in [0.5, 0.6) is 0 Å². The second-order valence-corrected chi connectivity index (χ2v) is 9.74. The molecule has 0 saturated carbocycles. The lowest BCUT2D eigenvalue weighted by Crippen LogP contribution is -2.40. The Hall–Kier alpha value is -1.74. The van der Waals surface area contributed by atoms with E-state index in [1.807, 2.05) is 32.0 Å². The van der Waals surface area contributed by atoms with E-state index >= 15 is 0 Å². The van der Waals surface area contributed by atoms with Crippen molar-refractivity contribution in [1.29, 1.82) is 0 Å². The second kappa shape index (κ2) is 8.52. The standard InChI is InChI=1S/C19H24N2O4S2/c1-3-14(2)20-19(22)16-6-4-15(5-7-16)17-8-9-18(26-17)27(23,24)21-10-12-25-13-11-21/h4-9,14H,3,10-13H2,1-2H3,(H,20,22). The van der Waals surface area contributed by atoms with Crippen LogP contribution in [0.2, 0.25) is 0 Å². The van der Waals surface area contributed by atoms with E-state index in [9.17, 15) is 13.2 Å². The van der Waals surface area contributed by atoms with Crippen LogP contribution >= 0.6 is 11.3 Å². The summed E-state index contributed by atoms with van der Waals surface area (Å²) in [5.41, 5.74) is 1.49. The van der Waals surface area contributed by atoms with E-state index < -0.39 is 10.0 Å². The van der Waals surface area contributed by atoms with Crippen LogP contribution in [0.25, 0.3) is 10.4 Å². The number of carbonyl (C=O) groups excluding carboxylic acids is 1. The fourth-order valence-corrected chi connectivity index (χ4v) is 5.60. The maximum Gasteiger partial charge on any atom is 0.252 e. The van der Waals surface area contributed by atoms with Crippen molar-refractivity contribution in [3.8, 4) is 10.4 Å². The van der Waals surface area contributed by atoms with Gasteiger partial charge in [-0.25, -0.2) is 8.42 Å². The Kier molecular flexibility index (Phi) is 6.31. The van der Waals surface area contributed by atoms with Gasteiger partial charge in [-0.05, 0) is 43.2 Å². The van der Waals surface area contributed by atoms with E-state index in [1.165, 1.54) is 15.6 Å². The van der Waals surface area contributed by atoms with Gasteiger partial charge in [0.25, 0.3) is 15.9 Å². The van der Waals surface area contributed by atoms with Crippen LogP contribution in [-0.2, 0) is 14.8 Å². The third-order valence-corrected chi connectivity index (χ3v) is 8.07. The lowest BCUT2D eigenvalue weighted by Gasteiger charge is -2.25. The number of benzene rings is 1. The molecule has 1 fully saturated rings. The fraction of sp³-hybridized carbons (Fsp3) is 0.421. The van der Waals surface area contributed by atoms with Crippen molar-refractivity contribution < 1.29 is 17.9 Å². The highest BCUT2D eigenvalue weighted by Crippen LogP contribution is 2.32. The molecule has 6 nitrogen and oxygen atoms in total. The molecule has 1 aromatic carbocycles. The van der Waals surface area contributed by atoms with Crippen LogP contribution in [0.15, 0.2) is 40.6 Å². The molecule has 1 atom stereocenters. The summed E-state index contributed by atoms with van der Waals surface area (Å²) in [6.45, 7) is 5.61. The van der Waals surface area contributed by atoms with Gasteiger partial charge in [0.15, 0.2) is 0 Å². The maximum atomic E-state index is 12.7. The van der Waals surface area contributed by atoms with Crippen molar-refractivity contribution in [2.75, 3.05) is 26.3 Å². The fourth-order valence-electron chi connectivity index (χ4n) is 2.72. The number of thiophene rings is 1. The summed E-state index contributed by atoms with van der Waals surface area (Å²) >= 11 is 1.24. The van der Waals surface area contributed by atoms with Gasteiger partial charge in [0.1, 0.15) is 4.21 Å². The monoisotopic (exact) mass is 408 g/mol. The molecule has 1 saturated heterocycles. The summed E-state index contributed by atoms with van der Waals surface area (Å²) in [5.74, 6) is -0.0994. The number of sulfonamides is 1. The molecule has 0 bridgehead atoms. The molecular weight excluding hydrogens is 384 g/mol. The Labute approximate surface area is 164 Å². The summed E-state index contributed by atoms with van der Waals surface area (Å²) in [4.78, 5) is 13.0. The summed E-state index contributed by atoms with van der Waals surface area (Å²) in [6, 6.07) is 10.8. The number of amides is 1. The smallest absolute Gasteiger partial charge is 0.252 e. The Morgan fingerprint density at radius 2 is 1.85 bits per heavy atom. The molecule has 146 valence electrons. The van der Waals surface area contributed by atoms with E-state index in [-0.39, 0.29) is 11.9 Å². The van der Waals surface area contributed by atoms with Crippen LogP contribution in [0.1, 0.15) is 30.6 Å². The zero-order valence-electron chi connectivity index (χ0n) is 15.5. The summed E-state index contributed by atoms with van der Waals surface area (Å²) in [7, 11) is -3.48. The number of hydrogen-bond acceptors (Lipinski definition) is 5. The quantitative estimate of drug-likeness (QED) is 0.797. The van der Waals surface area contributed by atoms with Crippen LogP contribution in [0.4, 0.5) is 0 Å². The first kappa shape index (κ1) is 20.0. The third-order valence-electron chi connectivity index (χ3n) is 4.57. The Bertz CT molecular complexity index is 885. The topological polar surface area (TPSA) is 75.7 Å². The molecule has 0 aliphatic carbocycles. The average molecular weight is 409 g/mol. The Morgan fingerprint density at radius 3 is 2.48 bits per heavy atom. The summed E-state index contributed by atoms with van der Waals surface area (Å²) in [6.07, 6.45) is 0.874. The molecule has 1 aliphatic heterocycles. The molecule has 1 N–H and O–H groups in total. The van der Waals surface area contributed by atoms with Crippen molar-refractivity contribution in [3.63, 3.8) is 0 Å². The molecule has 2 heterocycles. The molecule has 1 unspecified atom stereocenters. The van der Waals surface area contributed by atoms with Crippen LogP contribution in [0, 0.1) is 0 Å². The normalized spacial score (nSPS) is 16.8. The van der Waals surface area contributed by atoms with E-state index in [0.29, 0.717) is 36.1 Å². The van der Waals surface area contributed by atoms with Gasteiger partial charge in [-0.2, -0.15) is 4.31 Å². The summed E-state index contributed by atoms with van der Waals surface area (Å²) < 4.78 is 32.5. The number of carbonyl (C=O) groups is 1. The van der Waals surface area contributed by atoms with Crippen LogP contribution in [-0.4, -0.2) is 51.0 Å². The zero-order valence-corrected chi connectivity index (χ0v) is 17.1. The van der Waals surface area contributed by atoms with Crippen molar-refractivity contribution in [3.05, 3.63) is 42.0 Å². The van der Waals surface area contributed by atoms with E-state index in [2.05, 4.69) is 5.32 Å². The number of nitrogens with zero attached hydrogens (tertiary/aromatic N) is 1. The number of hydrogen-bond donors (Lipinski definition) is 1. The highest BCUT2D eigenvalue weighted by molar-refractivity contribution is 7.91. The zero-order chi connectivity index (χ0) is 19.4. The first-order chi connectivity index (χ1) is 12.9. The van der Waals surface area contributed by atoms with Gasteiger partial charge in [-0.1, -0.05) is 19.1 Å². The number of rotatable bonds is 6. The second-order valence-electron chi connectivity index (χ2n) is 6.50. The van der Waals surface area contributed by atoms with E-state index in [4.69, 9.17) is 4.74 Å². The predicted octanol–water partition coefficient (Wildman–Crippen LogP) is 2.96. The number of nitrogens with one attached hydrogen (secondary N) is 1. The molecular formula is C19H24N2O4S2. The highest BCUT2D eigenvalue weighted by atomic mass is 32.2. The minimum Gasteiger partial charge on any atom is -0.379 e. The molecule has 3 rings (SSSR count). The van der Waals surface area contributed by atoms with E-state index in [0.717, 1.165) is 16.9 Å². The van der Waals surface area contributed by atoms with Crippen LogP contribution in [0.3, 0.4) is 0 Å². The summed E-state index contributed by atoms with van der Waals surface area (Å²) in [5, 5.41) is 2.93. The molecule has 0 spiro atoms. The van der Waals surface area contributed by atoms with Gasteiger partial charge in [0, 0.05) is 29.6 Å². The third kappa shape index (κ3) is 4.57. The van der Waals surface area contributed by atoms with Crippen molar-refractivity contribution in [1.82, 2.24) is 9.62 Å². The van der Waals surface area contributed by atoms with E-state index in [1.54, 1.807) is 18.2 Å². The van der Waals surface area contributed by atoms with Gasteiger partial charge in [-0.3, -0.25) is 4.79 Å². The molecule has 8 heteroatoms. The predicted molar refractivity (Wildman–Crippen MR) is 107 cm³/mol. The van der Waals surface area contributed by atoms with Crippen molar-refractivity contribution in [2.24, 2.45) is 0 Å². The lowest BCUT2D eigenvalue weighted by atomic mass is 10.1. The molecule has 2 aromatic rings. The average Bonchev–Trinajstić information content (AvgIpc) is 3.19. The largest absolute Gasteiger partial charge is 0.379 e. The molecule has 1 aliphatic rings. The first-order valence-corrected chi connectivity index (χ1v) is 11.3. The number of ether oxygens (including phenoxy) is 1. The molecule has 0 radical (unpaired) electrons. The van der Waals surface area contributed by atoms with Crippen LogP contribution < -0.4 is 5.32 Å². The van der Waals surface area contributed by atoms with Gasteiger partial charge >= 0.3 is 0 Å². The SMILES string of the molecule is CCC(C)NC(=O)c1ccc(-c2ccc(S(=O)(=O)N3CCOCC3)s2)cc1. The molecule has 1 amide bonds. The molecule has 27 heavy (non-hydrogen) atoms. The van der Waals surface area contributed by atoms with Gasteiger partial charge in [0.2, 0.25) is 0 Å².